The van der Waals surface area contributed by atoms with Gasteiger partial charge in [-0.2, -0.15) is 0 Å². The highest BCUT2D eigenvalue weighted by Gasteiger charge is 2.16. The van der Waals surface area contributed by atoms with Gasteiger partial charge in [-0.15, -0.1) is 0 Å². The van der Waals surface area contributed by atoms with Crippen molar-refractivity contribution in [2.24, 2.45) is 0 Å². The summed E-state index contributed by atoms with van der Waals surface area (Å²) < 4.78 is 0. The Morgan fingerprint density at radius 2 is 1.94 bits per heavy atom. The Balaban J connectivity index is 1.80. The van der Waals surface area contributed by atoms with Gasteiger partial charge >= 0.3 is 0 Å². The zero-order valence-corrected chi connectivity index (χ0v) is 10.7. The van der Waals surface area contributed by atoms with Crippen molar-refractivity contribution in [1.29, 1.82) is 0 Å². The molecule has 1 amide bonds. The number of nitrogens with zero attached hydrogens (tertiary/aromatic N) is 1. The number of hydrogen-bond acceptors (Lipinski definition) is 2. The van der Waals surface area contributed by atoms with E-state index in [0.717, 1.165) is 31.7 Å². The minimum Gasteiger partial charge on any atom is -0.335 e. The first-order valence-corrected chi connectivity index (χ1v) is 6.34. The standard InChI is InChI=1S/C14H19N3O/c1-16-9-11-17(12-10-16)15-14(18)8-7-13-5-3-2-4-6-13/h2-8H,9-12H2,1H3,(H,15,18)/p+1/b8-7+. The summed E-state index contributed by atoms with van der Waals surface area (Å²) >= 11 is 0. The predicted molar refractivity (Wildman–Crippen MR) is 71.8 cm³/mol. The van der Waals surface area contributed by atoms with Crippen molar-refractivity contribution in [3.05, 3.63) is 42.0 Å². The quantitative estimate of drug-likeness (QED) is 0.710. The van der Waals surface area contributed by atoms with E-state index in [0.29, 0.717) is 0 Å². The number of carbonyl (C=O) groups is 1. The molecule has 0 bridgehead atoms. The fourth-order valence-corrected chi connectivity index (χ4v) is 1.93. The molecule has 1 heterocycles. The first-order valence-electron chi connectivity index (χ1n) is 6.34. The Labute approximate surface area is 108 Å². The zero-order chi connectivity index (χ0) is 12.8. The Hall–Kier alpha value is -1.65. The lowest BCUT2D eigenvalue weighted by molar-refractivity contribution is -0.884. The van der Waals surface area contributed by atoms with E-state index in [1.807, 2.05) is 41.4 Å². The third kappa shape index (κ3) is 3.98. The van der Waals surface area contributed by atoms with Crippen molar-refractivity contribution >= 4 is 12.0 Å². The minimum atomic E-state index is -0.0570. The maximum Gasteiger partial charge on any atom is 0.258 e. The van der Waals surface area contributed by atoms with Gasteiger partial charge in [0.05, 0.1) is 33.2 Å². The molecule has 1 aromatic carbocycles. The molecule has 0 aromatic heterocycles. The Kier molecular flexibility index (Phi) is 4.50. The Morgan fingerprint density at radius 1 is 1.28 bits per heavy atom. The number of hydrazine groups is 1. The molecule has 0 saturated carbocycles. The van der Waals surface area contributed by atoms with Crippen molar-refractivity contribution in [3.63, 3.8) is 0 Å². The fraction of sp³-hybridized carbons (Fsp3) is 0.357. The van der Waals surface area contributed by atoms with E-state index >= 15 is 0 Å². The SMILES string of the molecule is C[NH+]1CCN(NC(=O)/C=C/c2ccccc2)CC1. The lowest BCUT2D eigenvalue weighted by Crippen LogP contribution is -3.12. The second-order valence-corrected chi connectivity index (χ2v) is 4.66. The average molecular weight is 246 g/mol. The zero-order valence-electron chi connectivity index (χ0n) is 10.7. The molecule has 1 aliphatic heterocycles. The van der Waals surface area contributed by atoms with Gasteiger partial charge in [0.1, 0.15) is 0 Å². The van der Waals surface area contributed by atoms with Gasteiger partial charge in [-0.1, -0.05) is 30.3 Å². The van der Waals surface area contributed by atoms with Crippen LogP contribution in [0.4, 0.5) is 0 Å². The molecule has 4 heteroatoms. The largest absolute Gasteiger partial charge is 0.335 e. The average Bonchev–Trinajstić information content (AvgIpc) is 2.40. The summed E-state index contributed by atoms with van der Waals surface area (Å²) in [7, 11) is 2.18. The molecule has 0 aliphatic carbocycles. The van der Waals surface area contributed by atoms with Gasteiger partial charge in [0.15, 0.2) is 0 Å². The number of hydrogen-bond donors (Lipinski definition) is 2. The fourth-order valence-electron chi connectivity index (χ4n) is 1.93. The molecule has 1 aliphatic rings. The van der Waals surface area contributed by atoms with Crippen LogP contribution in [0.2, 0.25) is 0 Å². The number of piperazine rings is 1. The third-order valence-electron chi connectivity index (χ3n) is 3.11. The molecule has 18 heavy (non-hydrogen) atoms. The molecule has 0 unspecified atom stereocenters. The van der Waals surface area contributed by atoms with Crippen molar-refractivity contribution in [2.45, 2.75) is 0 Å². The molecule has 0 atom stereocenters. The van der Waals surface area contributed by atoms with E-state index in [2.05, 4.69) is 12.5 Å². The molecule has 96 valence electrons. The molecule has 2 N–H and O–H groups in total. The summed E-state index contributed by atoms with van der Waals surface area (Å²) in [5, 5.41) is 1.99. The highest BCUT2D eigenvalue weighted by atomic mass is 16.2. The van der Waals surface area contributed by atoms with E-state index in [4.69, 9.17) is 0 Å². The van der Waals surface area contributed by atoms with Gasteiger partial charge in [-0.25, -0.2) is 5.01 Å². The third-order valence-corrected chi connectivity index (χ3v) is 3.11. The van der Waals surface area contributed by atoms with Gasteiger partial charge in [0, 0.05) is 6.08 Å². The van der Waals surface area contributed by atoms with E-state index < -0.39 is 0 Å². The molecule has 4 nitrogen and oxygen atoms in total. The van der Waals surface area contributed by atoms with E-state index in [-0.39, 0.29) is 5.91 Å². The van der Waals surface area contributed by atoms with Gasteiger partial charge in [-0.05, 0) is 11.6 Å². The van der Waals surface area contributed by atoms with Gasteiger partial charge in [0.25, 0.3) is 5.91 Å². The normalized spacial score (nSPS) is 18.1. The molecule has 1 fully saturated rings. The van der Waals surface area contributed by atoms with Crippen LogP contribution in [0.3, 0.4) is 0 Å². The molecule has 2 rings (SSSR count). The van der Waals surface area contributed by atoms with Crippen LogP contribution < -0.4 is 10.3 Å². The number of amides is 1. The summed E-state index contributed by atoms with van der Waals surface area (Å²) in [6, 6.07) is 9.83. The maximum absolute atomic E-state index is 11.7. The van der Waals surface area contributed by atoms with Gasteiger partial charge < -0.3 is 4.90 Å². The monoisotopic (exact) mass is 246 g/mol. The molecule has 0 spiro atoms. The van der Waals surface area contributed by atoms with Crippen LogP contribution in [0.15, 0.2) is 36.4 Å². The number of nitrogens with one attached hydrogen (secondary N) is 2. The van der Waals surface area contributed by atoms with Crippen molar-refractivity contribution < 1.29 is 9.69 Å². The van der Waals surface area contributed by atoms with E-state index in [1.54, 1.807) is 6.08 Å². The summed E-state index contributed by atoms with van der Waals surface area (Å²) in [4.78, 5) is 13.2. The number of quaternary nitrogens is 1. The molecule has 1 aromatic rings. The van der Waals surface area contributed by atoms with Crippen LogP contribution in [0.25, 0.3) is 6.08 Å². The van der Waals surface area contributed by atoms with E-state index in [9.17, 15) is 4.79 Å². The highest BCUT2D eigenvalue weighted by molar-refractivity contribution is 5.91. The van der Waals surface area contributed by atoms with Gasteiger partial charge in [-0.3, -0.25) is 10.2 Å². The minimum absolute atomic E-state index is 0.0570. The lowest BCUT2D eigenvalue weighted by atomic mass is 10.2. The molecular formula is C14H20N3O+. The first kappa shape index (κ1) is 12.8. The molecular weight excluding hydrogens is 226 g/mol. The number of benzene rings is 1. The maximum atomic E-state index is 11.7. The van der Waals surface area contributed by atoms with Crippen molar-refractivity contribution in [1.82, 2.24) is 10.4 Å². The summed E-state index contributed by atoms with van der Waals surface area (Å²) in [5.74, 6) is -0.0570. The summed E-state index contributed by atoms with van der Waals surface area (Å²) in [6.45, 7) is 3.97. The number of likely N-dealkylation sites (N-methyl/N-ethyl adjacent to an activating group) is 1. The number of carbonyl (C=O) groups excluding carboxylic acids is 1. The van der Waals surface area contributed by atoms with Crippen LogP contribution in [0, 0.1) is 0 Å². The van der Waals surface area contributed by atoms with Crippen molar-refractivity contribution in [3.8, 4) is 0 Å². The van der Waals surface area contributed by atoms with Crippen LogP contribution in [-0.2, 0) is 4.79 Å². The summed E-state index contributed by atoms with van der Waals surface area (Å²) in [5.41, 5.74) is 3.94. The Morgan fingerprint density at radius 3 is 2.61 bits per heavy atom. The number of rotatable bonds is 3. The second-order valence-electron chi connectivity index (χ2n) is 4.66. The van der Waals surface area contributed by atoms with Gasteiger partial charge in [0.2, 0.25) is 0 Å². The topological polar surface area (TPSA) is 36.8 Å². The van der Waals surface area contributed by atoms with Crippen molar-refractivity contribution in [2.75, 3.05) is 33.2 Å². The van der Waals surface area contributed by atoms with Crippen LogP contribution in [-0.4, -0.2) is 44.1 Å². The van der Waals surface area contributed by atoms with E-state index in [1.165, 1.54) is 4.90 Å². The predicted octanol–water partition coefficient (Wildman–Crippen LogP) is -0.439. The smallest absolute Gasteiger partial charge is 0.258 e. The second kappa shape index (κ2) is 6.33. The van der Waals surface area contributed by atoms with Crippen LogP contribution in [0.5, 0.6) is 0 Å². The molecule has 1 saturated heterocycles. The lowest BCUT2D eigenvalue weighted by Gasteiger charge is -2.29. The van der Waals surface area contributed by atoms with Crippen LogP contribution >= 0.6 is 0 Å². The first-order chi connectivity index (χ1) is 8.74. The van der Waals surface area contributed by atoms with Crippen LogP contribution in [0.1, 0.15) is 5.56 Å². The Bertz CT molecular complexity index is 408. The summed E-state index contributed by atoms with van der Waals surface area (Å²) in [6.07, 6.45) is 3.41. The molecule has 0 radical (unpaired) electrons. The highest BCUT2D eigenvalue weighted by Crippen LogP contribution is 2.00.